The Labute approximate surface area is 144 Å². The summed E-state index contributed by atoms with van der Waals surface area (Å²) in [6.45, 7) is 20.0. The first kappa shape index (κ1) is 23.7. The molecule has 0 bridgehead atoms. The van der Waals surface area contributed by atoms with Gasteiger partial charge in [0.05, 0.1) is 13.6 Å². The van der Waals surface area contributed by atoms with E-state index in [4.69, 9.17) is 0 Å². The molecule has 1 atom stereocenters. The summed E-state index contributed by atoms with van der Waals surface area (Å²) in [6, 6.07) is 8.67. The molecule has 0 saturated heterocycles. The number of rotatable bonds is 7. The van der Waals surface area contributed by atoms with Crippen molar-refractivity contribution in [2.24, 2.45) is 0 Å². The second kappa shape index (κ2) is 14.1. The summed E-state index contributed by atoms with van der Waals surface area (Å²) >= 11 is 0. The molecular weight excluding hydrogens is 282 g/mol. The average molecular weight is 321 g/mol. The lowest BCUT2D eigenvalue weighted by molar-refractivity contribution is -0.913. The Morgan fingerprint density at radius 3 is 1.87 bits per heavy atom. The van der Waals surface area contributed by atoms with Crippen LogP contribution in [0.3, 0.4) is 0 Å². The SMILES string of the molecule is C=CC[N+](C)(CC(=C)O)Cc1ccc(CC)cc1.CC.CCC. The van der Waals surface area contributed by atoms with Crippen LogP contribution in [0.15, 0.2) is 49.3 Å². The van der Waals surface area contributed by atoms with E-state index in [1.807, 2.05) is 19.9 Å². The van der Waals surface area contributed by atoms with Gasteiger partial charge in [-0.25, -0.2) is 0 Å². The van der Waals surface area contributed by atoms with Crippen LogP contribution < -0.4 is 0 Å². The highest BCUT2D eigenvalue weighted by molar-refractivity contribution is 5.21. The maximum absolute atomic E-state index is 9.43. The number of aryl methyl sites for hydroxylation is 1. The lowest BCUT2D eigenvalue weighted by Gasteiger charge is -2.33. The Bertz CT molecular complexity index is 422. The maximum Gasteiger partial charge on any atom is 0.139 e. The topological polar surface area (TPSA) is 20.2 Å². The largest absolute Gasteiger partial charge is 0.507 e. The summed E-state index contributed by atoms with van der Waals surface area (Å²) in [5, 5.41) is 9.43. The van der Waals surface area contributed by atoms with Crippen molar-refractivity contribution in [3.05, 3.63) is 60.4 Å². The maximum atomic E-state index is 9.43. The first-order chi connectivity index (χ1) is 10.9. The van der Waals surface area contributed by atoms with Crippen LogP contribution in [0.25, 0.3) is 0 Å². The lowest BCUT2D eigenvalue weighted by Crippen LogP contribution is -2.44. The average Bonchev–Trinajstić information content (AvgIpc) is 2.50. The fourth-order valence-corrected chi connectivity index (χ4v) is 2.26. The molecule has 0 heterocycles. The van der Waals surface area contributed by atoms with E-state index in [0.717, 1.165) is 19.5 Å². The quantitative estimate of drug-likeness (QED) is 0.377. The first-order valence-corrected chi connectivity index (χ1v) is 8.79. The van der Waals surface area contributed by atoms with Gasteiger partial charge in [0, 0.05) is 5.56 Å². The molecule has 132 valence electrons. The van der Waals surface area contributed by atoms with Gasteiger partial charge in [0.2, 0.25) is 0 Å². The normalized spacial score (nSPS) is 11.9. The van der Waals surface area contributed by atoms with Crippen LogP contribution in [0.5, 0.6) is 0 Å². The number of likely N-dealkylation sites (N-methyl/N-ethyl adjacent to an activating group) is 1. The van der Waals surface area contributed by atoms with E-state index in [2.05, 4.69) is 65.2 Å². The van der Waals surface area contributed by atoms with E-state index >= 15 is 0 Å². The molecule has 1 unspecified atom stereocenters. The zero-order valence-electron chi connectivity index (χ0n) is 16.2. The third kappa shape index (κ3) is 11.7. The Hall–Kier alpha value is -1.54. The van der Waals surface area contributed by atoms with Crippen LogP contribution in [0.1, 0.15) is 52.2 Å². The highest BCUT2D eigenvalue weighted by Crippen LogP contribution is 2.15. The van der Waals surface area contributed by atoms with Crippen LogP contribution in [-0.2, 0) is 13.0 Å². The number of aliphatic hydroxyl groups is 1. The van der Waals surface area contributed by atoms with Crippen LogP contribution in [0.2, 0.25) is 0 Å². The molecule has 1 rings (SSSR count). The summed E-state index contributed by atoms with van der Waals surface area (Å²) in [4.78, 5) is 0. The van der Waals surface area contributed by atoms with Gasteiger partial charge in [0.25, 0.3) is 0 Å². The lowest BCUT2D eigenvalue weighted by atomic mass is 10.1. The van der Waals surface area contributed by atoms with E-state index < -0.39 is 0 Å². The molecule has 0 radical (unpaired) electrons. The van der Waals surface area contributed by atoms with Crippen molar-refractivity contribution < 1.29 is 9.59 Å². The van der Waals surface area contributed by atoms with E-state index in [0.29, 0.717) is 11.0 Å². The standard InChI is InChI=1S/C16H23NO.C3H8.C2H6/c1-5-11-17(4,12-14(3)18)13-16-9-7-15(6-2)8-10-16;1-3-2;1-2/h5,7-10H,1,3,6,11-13H2,2,4H3;3H2,1-2H3;1-2H3/p+1. The van der Waals surface area contributed by atoms with Crippen molar-refractivity contribution in [1.82, 2.24) is 0 Å². The molecule has 1 N–H and O–H groups in total. The molecule has 23 heavy (non-hydrogen) atoms. The van der Waals surface area contributed by atoms with Crippen LogP contribution in [0.4, 0.5) is 0 Å². The molecule has 1 aromatic rings. The predicted octanol–water partition coefficient (Wildman–Crippen LogP) is 5.90. The zero-order chi connectivity index (χ0) is 18.3. The van der Waals surface area contributed by atoms with Gasteiger partial charge in [0.15, 0.2) is 0 Å². The van der Waals surface area contributed by atoms with Crippen molar-refractivity contribution in [1.29, 1.82) is 0 Å². The fourth-order valence-electron chi connectivity index (χ4n) is 2.26. The molecule has 0 aliphatic rings. The number of hydrogen-bond acceptors (Lipinski definition) is 1. The van der Waals surface area contributed by atoms with Gasteiger partial charge in [-0.2, -0.15) is 0 Å². The van der Waals surface area contributed by atoms with E-state index in [1.54, 1.807) is 0 Å². The predicted molar refractivity (Wildman–Crippen MR) is 105 cm³/mol. The van der Waals surface area contributed by atoms with Crippen molar-refractivity contribution in [2.75, 3.05) is 20.1 Å². The van der Waals surface area contributed by atoms with Gasteiger partial charge in [-0.1, -0.05) is 78.5 Å². The van der Waals surface area contributed by atoms with Crippen LogP contribution >= 0.6 is 0 Å². The Morgan fingerprint density at radius 2 is 1.52 bits per heavy atom. The van der Waals surface area contributed by atoms with Crippen molar-refractivity contribution in [2.45, 2.75) is 54.0 Å². The molecule has 1 aromatic carbocycles. The fraction of sp³-hybridized carbons (Fsp3) is 0.524. The Balaban J connectivity index is 0. The molecule has 0 saturated carbocycles. The van der Waals surface area contributed by atoms with E-state index in [-0.39, 0.29) is 5.76 Å². The van der Waals surface area contributed by atoms with Crippen LogP contribution in [-0.4, -0.2) is 29.7 Å². The Kier molecular flexibility index (Phi) is 14.5. The summed E-state index contributed by atoms with van der Waals surface area (Å²) in [5.74, 6) is 0.226. The number of quaternary nitrogens is 1. The summed E-state index contributed by atoms with van der Waals surface area (Å²) < 4.78 is 0.699. The van der Waals surface area contributed by atoms with Crippen molar-refractivity contribution in [3.63, 3.8) is 0 Å². The molecule has 2 nitrogen and oxygen atoms in total. The van der Waals surface area contributed by atoms with Gasteiger partial charge in [-0.3, -0.25) is 0 Å². The molecule has 0 aliphatic carbocycles. The minimum atomic E-state index is 0.226. The smallest absolute Gasteiger partial charge is 0.139 e. The first-order valence-electron chi connectivity index (χ1n) is 8.79. The molecule has 0 aromatic heterocycles. The molecule has 0 aliphatic heterocycles. The van der Waals surface area contributed by atoms with Gasteiger partial charge in [0.1, 0.15) is 18.8 Å². The summed E-state index contributed by atoms with van der Waals surface area (Å²) in [5.41, 5.74) is 2.63. The third-order valence-electron chi connectivity index (χ3n) is 3.13. The highest BCUT2D eigenvalue weighted by Gasteiger charge is 2.21. The minimum absolute atomic E-state index is 0.226. The summed E-state index contributed by atoms with van der Waals surface area (Å²) in [7, 11) is 2.11. The number of aliphatic hydroxyl groups excluding tert-OH is 1. The molecule has 0 fully saturated rings. The minimum Gasteiger partial charge on any atom is -0.507 e. The zero-order valence-corrected chi connectivity index (χ0v) is 16.2. The van der Waals surface area contributed by atoms with Crippen molar-refractivity contribution in [3.8, 4) is 0 Å². The van der Waals surface area contributed by atoms with E-state index in [9.17, 15) is 5.11 Å². The molecular formula is C21H38NO+. The van der Waals surface area contributed by atoms with Gasteiger partial charge in [-0.05, 0) is 18.1 Å². The summed E-state index contributed by atoms with van der Waals surface area (Å²) in [6.07, 6.45) is 4.20. The highest BCUT2D eigenvalue weighted by atomic mass is 16.3. The monoisotopic (exact) mass is 320 g/mol. The van der Waals surface area contributed by atoms with Crippen molar-refractivity contribution >= 4 is 0 Å². The Morgan fingerprint density at radius 1 is 1.09 bits per heavy atom. The van der Waals surface area contributed by atoms with Gasteiger partial charge < -0.3 is 9.59 Å². The molecule has 2 heteroatoms. The number of hydrogen-bond donors (Lipinski definition) is 1. The second-order valence-electron chi connectivity index (χ2n) is 5.85. The number of nitrogens with zero attached hydrogens (tertiary/aromatic N) is 1. The molecule has 0 spiro atoms. The van der Waals surface area contributed by atoms with Gasteiger partial charge in [-0.15, -0.1) is 0 Å². The van der Waals surface area contributed by atoms with Crippen LogP contribution in [0, 0.1) is 0 Å². The van der Waals surface area contributed by atoms with E-state index in [1.165, 1.54) is 17.5 Å². The van der Waals surface area contributed by atoms with Gasteiger partial charge >= 0.3 is 0 Å². The molecule has 0 amide bonds. The third-order valence-corrected chi connectivity index (χ3v) is 3.13. The number of benzene rings is 1. The second-order valence-corrected chi connectivity index (χ2v) is 5.85.